The van der Waals surface area contributed by atoms with Crippen LogP contribution in [0.5, 0.6) is 11.5 Å². The van der Waals surface area contributed by atoms with Crippen molar-refractivity contribution in [1.82, 2.24) is 24.7 Å². The van der Waals surface area contributed by atoms with Crippen molar-refractivity contribution in [2.45, 2.75) is 31.8 Å². The highest BCUT2D eigenvalue weighted by molar-refractivity contribution is 6.02. The number of para-hydroxylation sites is 2. The van der Waals surface area contributed by atoms with Crippen LogP contribution in [-0.4, -0.2) is 43.5 Å². The van der Waals surface area contributed by atoms with E-state index in [1.54, 1.807) is 17.0 Å². The van der Waals surface area contributed by atoms with Crippen LogP contribution < -0.4 is 20.3 Å². The van der Waals surface area contributed by atoms with Crippen LogP contribution >= 0.6 is 0 Å². The maximum Gasteiger partial charge on any atom is 0.267 e. The van der Waals surface area contributed by atoms with Crippen LogP contribution in [0.25, 0.3) is 27.6 Å². The second-order valence-corrected chi connectivity index (χ2v) is 9.68. The SMILES string of the molecule is CC1(CNc2ncc3c4[nH]ncc4c(=O)n(-c4ccc5c(c4)CCC5)c3n2)COc2ccccc2O1. The summed E-state index contributed by atoms with van der Waals surface area (Å²) in [5.74, 6) is 1.85. The van der Waals surface area contributed by atoms with E-state index in [9.17, 15) is 4.79 Å². The van der Waals surface area contributed by atoms with Crippen molar-refractivity contribution >= 4 is 27.9 Å². The van der Waals surface area contributed by atoms with E-state index in [0.29, 0.717) is 41.4 Å². The molecule has 0 bridgehead atoms. The molecule has 0 saturated heterocycles. The molecule has 0 radical (unpaired) electrons. The lowest BCUT2D eigenvalue weighted by Gasteiger charge is -2.35. The molecule has 9 heteroatoms. The summed E-state index contributed by atoms with van der Waals surface area (Å²) in [4.78, 5) is 22.9. The van der Waals surface area contributed by atoms with Crippen LogP contribution in [0.2, 0.25) is 0 Å². The molecule has 3 aromatic heterocycles. The summed E-state index contributed by atoms with van der Waals surface area (Å²) in [5.41, 5.74) is 3.80. The number of H-pyrrole nitrogens is 1. The molecule has 180 valence electrons. The number of ether oxygens (including phenoxy) is 2. The maximum absolute atomic E-state index is 13.6. The van der Waals surface area contributed by atoms with Crippen molar-refractivity contribution < 1.29 is 9.47 Å². The van der Waals surface area contributed by atoms with Gasteiger partial charge in [0, 0.05) is 6.20 Å². The first kappa shape index (κ1) is 20.9. The third-order valence-electron chi connectivity index (χ3n) is 7.02. The standard InChI is InChI=1S/C27H24N6O3/c1-27(15-35-21-7-2-3-8-22(21)36-27)14-29-26-28-12-19-23-20(13-30-32-23)25(34)33(24(19)31-26)18-10-9-16-5-4-6-17(16)11-18/h2-3,7-13H,4-6,14-15H2,1H3,(H,30,32)(H,28,29,31). The first-order valence-corrected chi connectivity index (χ1v) is 12.1. The average Bonchev–Trinajstić information content (AvgIpc) is 3.57. The van der Waals surface area contributed by atoms with Gasteiger partial charge in [-0.25, -0.2) is 4.98 Å². The van der Waals surface area contributed by atoms with Gasteiger partial charge in [0.05, 0.1) is 34.7 Å². The minimum atomic E-state index is -0.611. The van der Waals surface area contributed by atoms with Gasteiger partial charge in [0.2, 0.25) is 5.95 Å². The Morgan fingerprint density at radius 3 is 2.86 bits per heavy atom. The Kier molecular flexibility index (Phi) is 4.54. The highest BCUT2D eigenvalue weighted by Crippen LogP contribution is 2.35. The highest BCUT2D eigenvalue weighted by Gasteiger charge is 2.33. The van der Waals surface area contributed by atoms with Gasteiger partial charge in [-0.15, -0.1) is 0 Å². The number of aromatic amines is 1. The summed E-state index contributed by atoms with van der Waals surface area (Å²) in [6, 6.07) is 13.8. The van der Waals surface area contributed by atoms with Crippen LogP contribution in [0.15, 0.2) is 59.7 Å². The fourth-order valence-electron chi connectivity index (χ4n) is 5.14. The lowest BCUT2D eigenvalue weighted by Crippen LogP contribution is -2.47. The van der Waals surface area contributed by atoms with Crippen LogP contribution in [0.3, 0.4) is 0 Å². The van der Waals surface area contributed by atoms with Gasteiger partial charge >= 0.3 is 0 Å². The van der Waals surface area contributed by atoms with Gasteiger partial charge in [0.1, 0.15) is 6.61 Å². The fraction of sp³-hybridized carbons (Fsp3) is 0.259. The number of anilines is 1. The number of aromatic nitrogens is 5. The molecular weight excluding hydrogens is 456 g/mol. The summed E-state index contributed by atoms with van der Waals surface area (Å²) in [5, 5.41) is 11.6. The lowest BCUT2D eigenvalue weighted by atomic mass is 10.1. The Balaban J connectivity index is 1.29. The predicted octanol–water partition coefficient (Wildman–Crippen LogP) is 3.79. The van der Waals surface area contributed by atoms with Crippen molar-refractivity contribution in [2.24, 2.45) is 0 Å². The summed E-state index contributed by atoms with van der Waals surface area (Å²) < 4.78 is 13.8. The second kappa shape index (κ2) is 7.81. The van der Waals surface area contributed by atoms with Gasteiger partial charge in [0.15, 0.2) is 22.7 Å². The fourth-order valence-corrected chi connectivity index (χ4v) is 5.14. The van der Waals surface area contributed by atoms with Crippen LogP contribution in [0.4, 0.5) is 5.95 Å². The Labute approximate surface area is 206 Å². The normalized spacial score (nSPS) is 18.5. The molecule has 9 nitrogen and oxygen atoms in total. The molecule has 0 amide bonds. The summed E-state index contributed by atoms with van der Waals surface area (Å²) in [6.45, 7) is 2.78. The smallest absolute Gasteiger partial charge is 0.267 e. The molecule has 2 N–H and O–H groups in total. The lowest BCUT2D eigenvalue weighted by molar-refractivity contribution is 0.0165. The van der Waals surface area contributed by atoms with Crippen molar-refractivity contribution in [3.63, 3.8) is 0 Å². The molecular formula is C27H24N6O3. The van der Waals surface area contributed by atoms with Crippen LogP contribution in [0, 0.1) is 0 Å². The molecule has 0 spiro atoms. The Hall–Kier alpha value is -4.40. The number of hydrogen-bond donors (Lipinski definition) is 2. The van der Waals surface area contributed by atoms with Crippen molar-refractivity contribution in [3.8, 4) is 17.2 Å². The number of benzene rings is 2. The molecule has 4 heterocycles. The molecule has 2 aromatic carbocycles. The topological polar surface area (TPSA) is 107 Å². The summed E-state index contributed by atoms with van der Waals surface area (Å²) in [6.07, 6.45) is 6.53. The maximum atomic E-state index is 13.6. The quantitative estimate of drug-likeness (QED) is 0.403. The Morgan fingerprint density at radius 2 is 1.94 bits per heavy atom. The molecule has 0 fully saturated rings. The molecule has 1 aliphatic carbocycles. The molecule has 5 aromatic rings. The van der Waals surface area contributed by atoms with Crippen molar-refractivity contribution in [2.75, 3.05) is 18.5 Å². The zero-order valence-electron chi connectivity index (χ0n) is 19.7. The zero-order valence-corrected chi connectivity index (χ0v) is 19.7. The van der Waals surface area contributed by atoms with E-state index in [2.05, 4.69) is 32.6 Å². The number of nitrogens with one attached hydrogen (secondary N) is 2. The minimum Gasteiger partial charge on any atom is -0.485 e. The van der Waals surface area contributed by atoms with Crippen LogP contribution in [0.1, 0.15) is 24.5 Å². The largest absolute Gasteiger partial charge is 0.485 e. The van der Waals surface area contributed by atoms with Crippen LogP contribution in [-0.2, 0) is 12.8 Å². The first-order valence-electron chi connectivity index (χ1n) is 12.1. The first-order chi connectivity index (χ1) is 17.6. The van der Waals surface area contributed by atoms with E-state index in [4.69, 9.17) is 14.5 Å². The third kappa shape index (κ3) is 3.30. The van der Waals surface area contributed by atoms with Gasteiger partial charge < -0.3 is 14.8 Å². The van der Waals surface area contributed by atoms with Gasteiger partial charge in [0.25, 0.3) is 5.56 Å². The number of aryl methyl sites for hydroxylation is 2. The minimum absolute atomic E-state index is 0.165. The Morgan fingerprint density at radius 1 is 1.08 bits per heavy atom. The number of nitrogens with zero attached hydrogens (tertiary/aromatic N) is 4. The second-order valence-electron chi connectivity index (χ2n) is 9.68. The predicted molar refractivity (Wildman–Crippen MR) is 136 cm³/mol. The molecule has 0 saturated carbocycles. The van der Waals surface area contributed by atoms with Gasteiger partial charge in [-0.3, -0.25) is 14.5 Å². The number of hydrogen-bond acceptors (Lipinski definition) is 7. The third-order valence-corrected chi connectivity index (χ3v) is 7.02. The number of fused-ring (bicyclic) bond motifs is 5. The van der Waals surface area contributed by atoms with Crippen molar-refractivity contribution in [3.05, 3.63) is 76.3 Å². The van der Waals surface area contributed by atoms with E-state index in [-0.39, 0.29) is 5.56 Å². The van der Waals surface area contributed by atoms with Gasteiger partial charge in [-0.1, -0.05) is 18.2 Å². The van der Waals surface area contributed by atoms with E-state index >= 15 is 0 Å². The monoisotopic (exact) mass is 480 g/mol. The van der Waals surface area contributed by atoms with E-state index in [1.165, 1.54) is 11.1 Å². The molecule has 36 heavy (non-hydrogen) atoms. The molecule has 7 rings (SSSR count). The van der Waals surface area contributed by atoms with E-state index < -0.39 is 5.60 Å². The summed E-state index contributed by atoms with van der Waals surface area (Å²) in [7, 11) is 0. The van der Waals surface area contributed by atoms with Gasteiger partial charge in [-0.05, 0) is 61.6 Å². The molecule has 1 aliphatic heterocycles. The Bertz CT molecular complexity index is 1710. The average molecular weight is 481 g/mol. The molecule has 1 atom stereocenters. The molecule has 1 unspecified atom stereocenters. The van der Waals surface area contributed by atoms with Gasteiger partial charge in [-0.2, -0.15) is 10.1 Å². The zero-order chi connectivity index (χ0) is 24.3. The number of rotatable bonds is 4. The van der Waals surface area contributed by atoms with Crippen molar-refractivity contribution in [1.29, 1.82) is 0 Å². The summed E-state index contributed by atoms with van der Waals surface area (Å²) >= 11 is 0. The number of pyridine rings is 1. The van der Waals surface area contributed by atoms with E-state index in [1.807, 2.05) is 37.3 Å². The molecule has 2 aliphatic rings. The van der Waals surface area contributed by atoms with E-state index in [0.717, 1.165) is 36.1 Å². The highest BCUT2D eigenvalue weighted by atomic mass is 16.6.